The van der Waals surface area contributed by atoms with Crippen LogP contribution in [0, 0.1) is 12.8 Å². The molecule has 1 amide bonds. The average Bonchev–Trinajstić information content (AvgIpc) is 2.96. The summed E-state index contributed by atoms with van der Waals surface area (Å²) in [5.41, 5.74) is 0.795. The molecule has 2 aromatic rings. The standard InChI is InChI=1S/C17H17F3N2O2/c1-11-14(21-15(24-11)12-6-3-2-4-7-12)16(23)22-9-5-8-13(10-22)17(18,19)20/h2-4,6-7,13H,5,8-10H2,1H3/t13-/m1/s1. The summed E-state index contributed by atoms with van der Waals surface area (Å²) in [5, 5.41) is 0. The molecule has 4 nitrogen and oxygen atoms in total. The lowest BCUT2D eigenvalue weighted by molar-refractivity contribution is -0.184. The third kappa shape index (κ3) is 3.29. The zero-order valence-electron chi connectivity index (χ0n) is 13.1. The number of alkyl halides is 3. The largest absolute Gasteiger partial charge is 0.441 e. The number of halogens is 3. The third-order valence-corrected chi connectivity index (χ3v) is 4.19. The molecule has 1 fully saturated rings. The summed E-state index contributed by atoms with van der Waals surface area (Å²) < 4.78 is 44.3. The average molecular weight is 338 g/mol. The van der Waals surface area contributed by atoms with Gasteiger partial charge in [-0.15, -0.1) is 0 Å². The van der Waals surface area contributed by atoms with Crippen molar-refractivity contribution < 1.29 is 22.4 Å². The maximum atomic E-state index is 12.9. The van der Waals surface area contributed by atoms with E-state index in [4.69, 9.17) is 4.42 Å². The monoisotopic (exact) mass is 338 g/mol. The molecule has 1 aliphatic heterocycles. The number of oxazole rings is 1. The Labute approximate surface area is 137 Å². The van der Waals surface area contributed by atoms with E-state index < -0.39 is 18.0 Å². The number of piperidine rings is 1. The van der Waals surface area contributed by atoms with Crippen LogP contribution in [0.15, 0.2) is 34.7 Å². The summed E-state index contributed by atoms with van der Waals surface area (Å²) in [4.78, 5) is 18.0. The molecule has 1 aromatic heterocycles. The molecule has 0 bridgehead atoms. The van der Waals surface area contributed by atoms with E-state index in [1.54, 1.807) is 19.1 Å². The van der Waals surface area contributed by atoms with Gasteiger partial charge in [0.05, 0.1) is 5.92 Å². The van der Waals surface area contributed by atoms with Crippen LogP contribution < -0.4 is 0 Å². The van der Waals surface area contributed by atoms with Gasteiger partial charge in [0.15, 0.2) is 5.69 Å². The van der Waals surface area contributed by atoms with Gasteiger partial charge >= 0.3 is 6.18 Å². The highest BCUT2D eigenvalue weighted by Crippen LogP contribution is 2.34. The molecule has 0 unspecified atom stereocenters. The number of rotatable bonds is 2. The molecule has 1 saturated heterocycles. The van der Waals surface area contributed by atoms with E-state index in [0.717, 1.165) is 0 Å². The third-order valence-electron chi connectivity index (χ3n) is 4.19. The van der Waals surface area contributed by atoms with Gasteiger partial charge in [-0.25, -0.2) is 4.98 Å². The summed E-state index contributed by atoms with van der Waals surface area (Å²) in [5.74, 6) is -1.38. The molecular weight excluding hydrogens is 321 g/mol. The fourth-order valence-electron chi connectivity index (χ4n) is 2.88. The van der Waals surface area contributed by atoms with Crippen LogP contribution in [-0.2, 0) is 0 Å². The summed E-state index contributed by atoms with van der Waals surface area (Å²) in [6.45, 7) is 1.57. The molecule has 3 rings (SSSR count). The summed E-state index contributed by atoms with van der Waals surface area (Å²) >= 11 is 0. The second-order valence-corrected chi connectivity index (χ2v) is 5.92. The second kappa shape index (κ2) is 6.30. The van der Waals surface area contributed by atoms with E-state index in [2.05, 4.69) is 4.98 Å². The molecule has 24 heavy (non-hydrogen) atoms. The van der Waals surface area contributed by atoms with Crippen molar-refractivity contribution in [2.45, 2.75) is 25.9 Å². The van der Waals surface area contributed by atoms with E-state index in [9.17, 15) is 18.0 Å². The van der Waals surface area contributed by atoms with Crippen molar-refractivity contribution in [3.05, 3.63) is 41.8 Å². The van der Waals surface area contributed by atoms with Gasteiger partial charge < -0.3 is 9.32 Å². The predicted molar refractivity (Wildman–Crippen MR) is 81.4 cm³/mol. The first-order valence-electron chi connectivity index (χ1n) is 7.75. The smallest absolute Gasteiger partial charge is 0.393 e. The van der Waals surface area contributed by atoms with Gasteiger partial charge in [-0.1, -0.05) is 18.2 Å². The number of carbonyl (C=O) groups is 1. The van der Waals surface area contributed by atoms with Crippen molar-refractivity contribution in [2.24, 2.45) is 5.92 Å². The number of aryl methyl sites for hydroxylation is 1. The van der Waals surface area contributed by atoms with Gasteiger partial charge in [0.2, 0.25) is 5.89 Å². The van der Waals surface area contributed by atoms with Crippen LogP contribution in [0.25, 0.3) is 11.5 Å². The molecule has 0 spiro atoms. The zero-order valence-corrected chi connectivity index (χ0v) is 13.1. The minimum Gasteiger partial charge on any atom is -0.441 e. The molecule has 1 aromatic carbocycles. The normalized spacial score (nSPS) is 18.7. The Hall–Kier alpha value is -2.31. The van der Waals surface area contributed by atoms with Crippen LogP contribution in [0.3, 0.4) is 0 Å². The molecule has 1 atom stereocenters. The molecule has 0 radical (unpaired) electrons. The van der Waals surface area contributed by atoms with Crippen molar-refractivity contribution in [2.75, 3.05) is 13.1 Å². The Morgan fingerprint density at radius 3 is 2.67 bits per heavy atom. The lowest BCUT2D eigenvalue weighted by Gasteiger charge is -2.33. The Morgan fingerprint density at radius 1 is 1.29 bits per heavy atom. The number of hydrogen-bond acceptors (Lipinski definition) is 3. The minimum atomic E-state index is -4.28. The highest BCUT2D eigenvalue weighted by molar-refractivity contribution is 5.93. The van der Waals surface area contributed by atoms with Crippen LogP contribution in [-0.4, -0.2) is 35.1 Å². The van der Waals surface area contributed by atoms with Gasteiger partial charge in [0.1, 0.15) is 5.76 Å². The number of hydrogen-bond donors (Lipinski definition) is 0. The van der Waals surface area contributed by atoms with Gasteiger partial charge in [-0.05, 0) is 31.9 Å². The summed E-state index contributed by atoms with van der Waals surface area (Å²) in [6.07, 6.45) is -3.90. The van der Waals surface area contributed by atoms with E-state index in [1.165, 1.54) is 4.90 Å². The van der Waals surface area contributed by atoms with Crippen molar-refractivity contribution in [3.8, 4) is 11.5 Å². The zero-order chi connectivity index (χ0) is 17.3. The Kier molecular flexibility index (Phi) is 4.34. The maximum absolute atomic E-state index is 12.9. The first kappa shape index (κ1) is 16.5. The highest BCUT2D eigenvalue weighted by atomic mass is 19.4. The van der Waals surface area contributed by atoms with Crippen molar-refractivity contribution >= 4 is 5.91 Å². The van der Waals surface area contributed by atoms with Crippen molar-refractivity contribution in [1.82, 2.24) is 9.88 Å². The SMILES string of the molecule is Cc1oc(-c2ccccc2)nc1C(=O)N1CCC[C@@H](C(F)(F)F)C1. The molecule has 128 valence electrons. The molecule has 7 heteroatoms. The fraction of sp³-hybridized carbons (Fsp3) is 0.412. The fourth-order valence-corrected chi connectivity index (χ4v) is 2.88. The quantitative estimate of drug-likeness (QED) is 0.829. The second-order valence-electron chi connectivity index (χ2n) is 5.92. The lowest BCUT2D eigenvalue weighted by atomic mass is 9.97. The number of benzene rings is 1. The number of amides is 1. The van der Waals surface area contributed by atoms with Crippen molar-refractivity contribution in [1.29, 1.82) is 0 Å². The highest BCUT2D eigenvalue weighted by Gasteiger charge is 2.43. The minimum absolute atomic E-state index is 0.0559. The maximum Gasteiger partial charge on any atom is 0.393 e. The van der Waals surface area contributed by atoms with Gasteiger partial charge in [-0.3, -0.25) is 4.79 Å². The van der Waals surface area contributed by atoms with Crippen molar-refractivity contribution in [3.63, 3.8) is 0 Å². The summed E-state index contributed by atoms with van der Waals surface area (Å²) in [6, 6.07) is 9.06. The van der Waals surface area contributed by atoms with E-state index in [0.29, 0.717) is 30.2 Å². The van der Waals surface area contributed by atoms with Crippen LogP contribution >= 0.6 is 0 Å². The van der Waals surface area contributed by atoms with Crippen LogP contribution in [0.1, 0.15) is 29.1 Å². The first-order valence-corrected chi connectivity index (χ1v) is 7.75. The Bertz CT molecular complexity index is 725. The molecule has 0 N–H and O–H groups in total. The molecule has 0 aliphatic carbocycles. The number of carbonyl (C=O) groups excluding carboxylic acids is 1. The Balaban J connectivity index is 1.82. The number of aromatic nitrogens is 1. The van der Waals surface area contributed by atoms with E-state index >= 15 is 0 Å². The van der Waals surface area contributed by atoms with Crippen LogP contribution in [0.5, 0.6) is 0 Å². The number of likely N-dealkylation sites (tertiary alicyclic amines) is 1. The van der Waals surface area contributed by atoms with Gasteiger partial charge in [0, 0.05) is 18.7 Å². The van der Waals surface area contributed by atoms with E-state index in [1.807, 2.05) is 18.2 Å². The van der Waals surface area contributed by atoms with Gasteiger partial charge in [-0.2, -0.15) is 13.2 Å². The topological polar surface area (TPSA) is 46.3 Å². The number of nitrogens with zero attached hydrogens (tertiary/aromatic N) is 2. The molecule has 1 aliphatic rings. The van der Waals surface area contributed by atoms with Crippen LogP contribution in [0.4, 0.5) is 13.2 Å². The van der Waals surface area contributed by atoms with Gasteiger partial charge in [0.25, 0.3) is 5.91 Å². The predicted octanol–water partition coefficient (Wildman–Crippen LogP) is 4.06. The van der Waals surface area contributed by atoms with Crippen LogP contribution in [0.2, 0.25) is 0 Å². The first-order chi connectivity index (χ1) is 11.4. The van der Waals surface area contributed by atoms with E-state index in [-0.39, 0.29) is 18.7 Å². The lowest BCUT2D eigenvalue weighted by Crippen LogP contribution is -2.44. The summed E-state index contributed by atoms with van der Waals surface area (Å²) in [7, 11) is 0. The molecular formula is C17H17F3N2O2. The Morgan fingerprint density at radius 2 is 2.00 bits per heavy atom. The molecule has 2 heterocycles. The molecule has 0 saturated carbocycles.